The normalized spacial score (nSPS) is 15.4. The van der Waals surface area contributed by atoms with Crippen LogP contribution in [0.2, 0.25) is 0 Å². The van der Waals surface area contributed by atoms with Crippen LogP contribution in [0.25, 0.3) is 0 Å². The van der Waals surface area contributed by atoms with Crippen molar-refractivity contribution in [1.29, 1.82) is 0 Å². The third-order valence-corrected chi connectivity index (χ3v) is 2.87. The SMILES string of the molecule is CC(C)NCc1ccc2c(c1)CCNC2. The molecule has 2 heteroatoms. The third kappa shape index (κ3) is 2.80. The summed E-state index contributed by atoms with van der Waals surface area (Å²) in [5.41, 5.74) is 4.40. The van der Waals surface area contributed by atoms with Gasteiger partial charge in [0.1, 0.15) is 0 Å². The first-order chi connectivity index (χ1) is 7.25. The van der Waals surface area contributed by atoms with E-state index in [1.165, 1.54) is 23.1 Å². The molecule has 15 heavy (non-hydrogen) atoms. The highest BCUT2D eigenvalue weighted by Crippen LogP contribution is 2.15. The van der Waals surface area contributed by atoms with Crippen LogP contribution in [0.4, 0.5) is 0 Å². The smallest absolute Gasteiger partial charge is 0.0208 e. The zero-order chi connectivity index (χ0) is 10.7. The lowest BCUT2D eigenvalue weighted by Gasteiger charge is -2.18. The van der Waals surface area contributed by atoms with E-state index < -0.39 is 0 Å². The van der Waals surface area contributed by atoms with Crippen LogP contribution < -0.4 is 10.6 Å². The van der Waals surface area contributed by atoms with Crippen molar-refractivity contribution >= 4 is 0 Å². The molecule has 0 saturated heterocycles. The molecule has 0 fully saturated rings. The van der Waals surface area contributed by atoms with E-state index in [-0.39, 0.29) is 0 Å². The Morgan fingerprint density at radius 3 is 3.00 bits per heavy atom. The van der Waals surface area contributed by atoms with Crippen molar-refractivity contribution in [3.63, 3.8) is 0 Å². The standard InChI is InChI=1S/C13H20N2/c1-10(2)15-8-11-3-4-13-9-14-6-5-12(13)7-11/h3-4,7,10,14-15H,5-6,8-9H2,1-2H3. The Labute approximate surface area is 92.1 Å². The summed E-state index contributed by atoms with van der Waals surface area (Å²) in [7, 11) is 0. The van der Waals surface area contributed by atoms with Gasteiger partial charge >= 0.3 is 0 Å². The molecule has 82 valence electrons. The van der Waals surface area contributed by atoms with Gasteiger partial charge in [-0.25, -0.2) is 0 Å². The number of nitrogens with one attached hydrogen (secondary N) is 2. The van der Waals surface area contributed by atoms with Gasteiger partial charge in [-0.2, -0.15) is 0 Å². The maximum atomic E-state index is 3.45. The van der Waals surface area contributed by atoms with Crippen molar-refractivity contribution < 1.29 is 0 Å². The fraction of sp³-hybridized carbons (Fsp3) is 0.538. The van der Waals surface area contributed by atoms with Gasteiger partial charge in [0.05, 0.1) is 0 Å². The Hall–Kier alpha value is -0.860. The van der Waals surface area contributed by atoms with E-state index in [0.29, 0.717) is 6.04 Å². The molecule has 1 aromatic rings. The number of hydrogen-bond acceptors (Lipinski definition) is 2. The summed E-state index contributed by atoms with van der Waals surface area (Å²) in [5, 5.41) is 6.85. The maximum Gasteiger partial charge on any atom is 0.0208 e. The fourth-order valence-corrected chi connectivity index (χ4v) is 1.96. The fourth-order valence-electron chi connectivity index (χ4n) is 1.96. The second-order valence-electron chi connectivity index (χ2n) is 4.57. The van der Waals surface area contributed by atoms with Crippen LogP contribution in [0.5, 0.6) is 0 Å². The molecule has 0 aromatic heterocycles. The Morgan fingerprint density at radius 2 is 2.20 bits per heavy atom. The second-order valence-corrected chi connectivity index (χ2v) is 4.57. The van der Waals surface area contributed by atoms with Gasteiger partial charge in [-0.05, 0) is 29.7 Å². The first-order valence-corrected chi connectivity index (χ1v) is 5.80. The van der Waals surface area contributed by atoms with E-state index in [0.717, 1.165) is 19.6 Å². The molecule has 2 nitrogen and oxygen atoms in total. The molecule has 0 spiro atoms. The molecular weight excluding hydrogens is 184 g/mol. The van der Waals surface area contributed by atoms with Gasteiger partial charge in [0.2, 0.25) is 0 Å². The lowest BCUT2D eigenvalue weighted by Crippen LogP contribution is -2.25. The van der Waals surface area contributed by atoms with E-state index in [4.69, 9.17) is 0 Å². The summed E-state index contributed by atoms with van der Waals surface area (Å²) in [6.45, 7) is 7.50. The van der Waals surface area contributed by atoms with Gasteiger partial charge in [0.25, 0.3) is 0 Å². The van der Waals surface area contributed by atoms with Crippen LogP contribution in [0.1, 0.15) is 30.5 Å². The van der Waals surface area contributed by atoms with Crippen LogP contribution in [-0.2, 0) is 19.5 Å². The van der Waals surface area contributed by atoms with E-state index >= 15 is 0 Å². The molecule has 0 bridgehead atoms. The number of benzene rings is 1. The molecule has 0 saturated carbocycles. The number of hydrogen-bond donors (Lipinski definition) is 2. The summed E-state index contributed by atoms with van der Waals surface area (Å²) >= 11 is 0. The van der Waals surface area contributed by atoms with Crippen LogP contribution >= 0.6 is 0 Å². The molecule has 2 rings (SSSR count). The van der Waals surface area contributed by atoms with Gasteiger partial charge < -0.3 is 10.6 Å². The van der Waals surface area contributed by atoms with E-state index in [1.807, 2.05) is 0 Å². The number of fused-ring (bicyclic) bond motifs is 1. The highest BCUT2D eigenvalue weighted by atomic mass is 14.9. The molecule has 0 unspecified atom stereocenters. The van der Waals surface area contributed by atoms with E-state index in [1.54, 1.807) is 0 Å². The second kappa shape index (κ2) is 4.77. The minimum absolute atomic E-state index is 0.558. The highest BCUT2D eigenvalue weighted by Gasteiger charge is 2.08. The molecule has 0 amide bonds. The largest absolute Gasteiger partial charge is 0.312 e. The summed E-state index contributed by atoms with van der Waals surface area (Å²) < 4.78 is 0. The zero-order valence-corrected chi connectivity index (χ0v) is 9.64. The van der Waals surface area contributed by atoms with Crippen molar-refractivity contribution in [2.75, 3.05) is 6.54 Å². The predicted molar refractivity (Wildman–Crippen MR) is 63.8 cm³/mol. The molecule has 1 aromatic carbocycles. The minimum atomic E-state index is 0.558. The lowest BCUT2D eigenvalue weighted by atomic mass is 9.98. The van der Waals surface area contributed by atoms with Crippen molar-refractivity contribution in [2.24, 2.45) is 0 Å². The topological polar surface area (TPSA) is 24.1 Å². The van der Waals surface area contributed by atoms with Gasteiger partial charge in [-0.3, -0.25) is 0 Å². The highest BCUT2D eigenvalue weighted by molar-refractivity contribution is 5.33. The van der Waals surface area contributed by atoms with Crippen LogP contribution in [-0.4, -0.2) is 12.6 Å². The Morgan fingerprint density at radius 1 is 1.33 bits per heavy atom. The van der Waals surface area contributed by atoms with E-state index in [9.17, 15) is 0 Å². The molecule has 0 aliphatic carbocycles. The van der Waals surface area contributed by atoms with Crippen LogP contribution in [0.15, 0.2) is 18.2 Å². The third-order valence-electron chi connectivity index (χ3n) is 2.87. The monoisotopic (exact) mass is 204 g/mol. The molecule has 1 heterocycles. The van der Waals surface area contributed by atoms with Crippen LogP contribution in [0.3, 0.4) is 0 Å². The van der Waals surface area contributed by atoms with Crippen LogP contribution in [0, 0.1) is 0 Å². The zero-order valence-electron chi connectivity index (χ0n) is 9.64. The van der Waals surface area contributed by atoms with Crippen molar-refractivity contribution in [3.05, 3.63) is 34.9 Å². The van der Waals surface area contributed by atoms with Gasteiger partial charge in [0.15, 0.2) is 0 Å². The molecule has 2 N–H and O–H groups in total. The van der Waals surface area contributed by atoms with Crippen molar-refractivity contribution in [2.45, 2.75) is 39.4 Å². The quantitative estimate of drug-likeness (QED) is 0.785. The maximum absolute atomic E-state index is 3.45. The Balaban J connectivity index is 2.07. The summed E-state index contributed by atoms with van der Waals surface area (Å²) in [4.78, 5) is 0. The number of rotatable bonds is 3. The Kier molecular flexibility index (Phi) is 3.39. The molecular formula is C13H20N2. The van der Waals surface area contributed by atoms with Gasteiger partial charge in [-0.1, -0.05) is 32.0 Å². The average molecular weight is 204 g/mol. The minimum Gasteiger partial charge on any atom is -0.312 e. The first kappa shape index (κ1) is 10.7. The van der Waals surface area contributed by atoms with Gasteiger partial charge in [-0.15, -0.1) is 0 Å². The van der Waals surface area contributed by atoms with Crippen molar-refractivity contribution in [1.82, 2.24) is 10.6 Å². The molecule has 0 atom stereocenters. The Bertz CT molecular complexity index is 331. The summed E-state index contributed by atoms with van der Waals surface area (Å²) in [6, 6.07) is 7.41. The summed E-state index contributed by atoms with van der Waals surface area (Å²) in [5.74, 6) is 0. The summed E-state index contributed by atoms with van der Waals surface area (Å²) in [6.07, 6.45) is 1.17. The molecule has 0 radical (unpaired) electrons. The molecule has 1 aliphatic heterocycles. The van der Waals surface area contributed by atoms with E-state index in [2.05, 4.69) is 42.7 Å². The molecule has 1 aliphatic rings. The van der Waals surface area contributed by atoms with Gasteiger partial charge in [0, 0.05) is 19.1 Å². The lowest BCUT2D eigenvalue weighted by molar-refractivity contribution is 0.586. The first-order valence-electron chi connectivity index (χ1n) is 5.80. The predicted octanol–water partition coefficient (Wildman–Crippen LogP) is 1.83. The van der Waals surface area contributed by atoms with Crippen molar-refractivity contribution in [3.8, 4) is 0 Å². The average Bonchev–Trinajstić information content (AvgIpc) is 2.26.